The summed E-state index contributed by atoms with van der Waals surface area (Å²) in [5, 5.41) is 6.38. The highest BCUT2D eigenvalue weighted by molar-refractivity contribution is 6.76. The molecular formula is C35H55N3O6Si. The Kier molecular flexibility index (Phi) is 13.5. The van der Waals surface area contributed by atoms with Crippen LogP contribution in [0.4, 0.5) is 16.2 Å². The zero-order valence-corrected chi connectivity index (χ0v) is 28.9. The SMILES string of the molecule is COCCCOC(c1ccccc1)C1CCCN(c2c(N[C@H](CNC(=O)OCC[Si](C)(C)C)CC3CCCCC3)c(=O)c2=O)C1. The fraction of sp³-hybridized carbons (Fsp3) is 0.686. The predicted octanol–water partition coefficient (Wildman–Crippen LogP) is 6.11. The Hall–Kier alpha value is -2.69. The van der Waals surface area contributed by atoms with Gasteiger partial charge in [0.15, 0.2) is 0 Å². The Morgan fingerprint density at radius 1 is 0.978 bits per heavy atom. The molecule has 10 heteroatoms. The van der Waals surface area contributed by atoms with E-state index in [2.05, 4.69) is 47.3 Å². The molecule has 2 fully saturated rings. The van der Waals surface area contributed by atoms with Crippen molar-refractivity contribution in [1.29, 1.82) is 0 Å². The molecule has 1 amide bonds. The number of nitrogens with one attached hydrogen (secondary N) is 2. The van der Waals surface area contributed by atoms with Crippen molar-refractivity contribution in [2.45, 2.75) is 95.6 Å². The molecule has 0 radical (unpaired) electrons. The molecule has 9 nitrogen and oxygen atoms in total. The number of alkyl carbamates (subject to hydrolysis) is 1. The lowest BCUT2D eigenvalue weighted by Gasteiger charge is -2.39. The second-order valence-corrected chi connectivity index (χ2v) is 19.8. The summed E-state index contributed by atoms with van der Waals surface area (Å²) in [6, 6.07) is 11.0. The maximum Gasteiger partial charge on any atom is 0.407 e. The minimum Gasteiger partial charge on any atom is -0.450 e. The van der Waals surface area contributed by atoms with Gasteiger partial charge >= 0.3 is 6.09 Å². The molecule has 2 aliphatic rings. The quantitative estimate of drug-likeness (QED) is 0.121. The highest BCUT2D eigenvalue weighted by Gasteiger charge is 2.35. The third-order valence-electron chi connectivity index (χ3n) is 9.27. The van der Waals surface area contributed by atoms with Gasteiger partial charge in [0.1, 0.15) is 11.4 Å². The van der Waals surface area contributed by atoms with E-state index in [4.69, 9.17) is 14.2 Å². The van der Waals surface area contributed by atoms with Crippen LogP contribution in [-0.4, -0.2) is 66.8 Å². The minimum atomic E-state index is -1.31. The number of carbonyl (C=O) groups excluding carboxylic acids is 1. The van der Waals surface area contributed by atoms with E-state index >= 15 is 0 Å². The number of rotatable bonds is 17. The van der Waals surface area contributed by atoms with E-state index < -0.39 is 25.0 Å². The molecule has 0 bridgehead atoms. The van der Waals surface area contributed by atoms with E-state index in [1.807, 2.05) is 18.2 Å². The van der Waals surface area contributed by atoms with E-state index in [0.717, 1.165) is 56.7 Å². The van der Waals surface area contributed by atoms with Crippen LogP contribution in [0.3, 0.4) is 0 Å². The van der Waals surface area contributed by atoms with Gasteiger partial charge in [0.25, 0.3) is 10.9 Å². The third kappa shape index (κ3) is 10.7. The standard InChI is InChI=1S/C35H55N3O6Si/c1-42-19-12-20-43-34(27-15-9-6-10-16-27)28-17-11-18-38(25-28)31-30(32(39)33(31)40)37-29(23-26-13-7-5-8-14-26)24-36-35(41)44-21-22-45(2,3)4/h6,9-10,15-16,26,28-29,34,37H,5,7-8,11-14,17-25H2,1-4H3,(H,36,41)/t28?,29-,34?/m0/s1. The maximum absolute atomic E-state index is 13.1. The molecule has 1 aliphatic heterocycles. The van der Waals surface area contributed by atoms with Crippen LogP contribution in [-0.2, 0) is 14.2 Å². The Labute approximate surface area is 270 Å². The number of hydrogen-bond acceptors (Lipinski definition) is 8. The van der Waals surface area contributed by atoms with Gasteiger partial charge in [0, 0.05) is 60.0 Å². The number of anilines is 2. The first-order valence-corrected chi connectivity index (χ1v) is 20.8. The summed E-state index contributed by atoms with van der Waals surface area (Å²) < 4.78 is 17.1. The third-order valence-corrected chi connectivity index (χ3v) is 11.0. The van der Waals surface area contributed by atoms with Gasteiger partial charge in [-0.1, -0.05) is 82.1 Å². The summed E-state index contributed by atoms with van der Waals surface area (Å²) in [6.07, 6.45) is 8.97. The molecule has 2 unspecified atom stereocenters. The lowest BCUT2D eigenvalue weighted by atomic mass is 9.84. The number of methoxy groups -OCH3 is 1. The fourth-order valence-corrected chi connectivity index (χ4v) is 7.48. The van der Waals surface area contributed by atoms with Crippen molar-refractivity contribution >= 4 is 25.5 Å². The Morgan fingerprint density at radius 3 is 2.44 bits per heavy atom. The molecule has 1 saturated carbocycles. The largest absolute Gasteiger partial charge is 0.450 e. The molecule has 1 aliphatic carbocycles. The number of benzene rings is 1. The zero-order valence-electron chi connectivity index (χ0n) is 27.9. The molecule has 45 heavy (non-hydrogen) atoms. The first-order valence-electron chi connectivity index (χ1n) is 17.1. The first kappa shape index (κ1) is 35.2. The molecule has 0 spiro atoms. The van der Waals surface area contributed by atoms with Crippen LogP contribution < -0.4 is 26.4 Å². The van der Waals surface area contributed by atoms with E-state index in [1.165, 1.54) is 19.3 Å². The molecular weight excluding hydrogens is 586 g/mol. The molecule has 1 heterocycles. The van der Waals surface area contributed by atoms with Crippen LogP contribution in [0.25, 0.3) is 0 Å². The van der Waals surface area contributed by atoms with Gasteiger partial charge in [0.05, 0.1) is 12.7 Å². The minimum absolute atomic E-state index is 0.107. The molecule has 0 aromatic heterocycles. The van der Waals surface area contributed by atoms with Gasteiger partial charge < -0.3 is 29.7 Å². The lowest BCUT2D eigenvalue weighted by molar-refractivity contribution is -0.00235. The van der Waals surface area contributed by atoms with E-state index in [-0.39, 0.29) is 18.1 Å². The van der Waals surface area contributed by atoms with Crippen LogP contribution in [0.5, 0.6) is 0 Å². The Balaban J connectivity index is 1.45. The molecule has 3 atom stereocenters. The van der Waals surface area contributed by atoms with Gasteiger partial charge in [-0.2, -0.15) is 0 Å². The topological polar surface area (TPSA) is 106 Å². The molecule has 2 N–H and O–H groups in total. The average molecular weight is 642 g/mol. The molecule has 4 rings (SSSR count). The fourth-order valence-electron chi connectivity index (χ4n) is 6.77. The molecule has 1 saturated heterocycles. The average Bonchev–Trinajstić information content (AvgIpc) is 3.03. The molecule has 250 valence electrons. The molecule has 2 aromatic rings. The van der Waals surface area contributed by atoms with Crippen LogP contribution in [0.15, 0.2) is 39.9 Å². The smallest absolute Gasteiger partial charge is 0.407 e. The van der Waals surface area contributed by atoms with E-state index in [1.54, 1.807) is 7.11 Å². The normalized spacial score (nSPS) is 19.3. The van der Waals surface area contributed by atoms with E-state index in [0.29, 0.717) is 50.2 Å². The van der Waals surface area contributed by atoms with Crippen molar-refractivity contribution < 1.29 is 19.0 Å². The Morgan fingerprint density at radius 2 is 1.73 bits per heavy atom. The number of amides is 1. The van der Waals surface area contributed by atoms with Crippen LogP contribution in [0.2, 0.25) is 25.7 Å². The second kappa shape index (κ2) is 17.3. The summed E-state index contributed by atoms with van der Waals surface area (Å²) in [5.74, 6) is 0.698. The van der Waals surface area contributed by atoms with Gasteiger partial charge in [0.2, 0.25) is 0 Å². The number of nitrogens with zero attached hydrogens (tertiary/aromatic N) is 1. The lowest BCUT2D eigenvalue weighted by Crippen LogP contribution is -2.49. The number of hydrogen-bond donors (Lipinski definition) is 2. The Bertz CT molecular complexity index is 1250. The number of piperidine rings is 1. The van der Waals surface area contributed by atoms with Crippen molar-refractivity contribution in [3.05, 3.63) is 56.3 Å². The van der Waals surface area contributed by atoms with Crippen LogP contribution in [0.1, 0.15) is 69.5 Å². The number of ether oxygens (including phenoxy) is 3. The summed E-state index contributed by atoms with van der Waals surface area (Å²) in [4.78, 5) is 40.7. The highest BCUT2D eigenvalue weighted by atomic mass is 28.3. The van der Waals surface area contributed by atoms with Crippen molar-refractivity contribution in [2.24, 2.45) is 11.8 Å². The van der Waals surface area contributed by atoms with E-state index in [9.17, 15) is 14.4 Å². The second-order valence-electron chi connectivity index (χ2n) is 14.2. The van der Waals surface area contributed by atoms with Crippen molar-refractivity contribution in [3.63, 3.8) is 0 Å². The summed E-state index contributed by atoms with van der Waals surface area (Å²) >= 11 is 0. The summed E-state index contributed by atoms with van der Waals surface area (Å²) in [6.45, 7) is 10.1. The predicted molar refractivity (Wildman–Crippen MR) is 184 cm³/mol. The van der Waals surface area contributed by atoms with Gasteiger partial charge in [-0.15, -0.1) is 0 Å². The van der Waals surface area contributed by atoms with Gasteiger partial charge in [-0.05, 0) is 43.2 Å². The van der Waals surface area contributed by atoms with Crippen molar-refractivity contribution in [3.8, 4) is 0 Å². The molecule has 2 aromatic carbocycles. The number of carbonyl (C=O) groups is 1. The van der Waals surface area contributed by atoms with Crippen molar-refractivity contribution in [2.75, 3.05) is 56.8 Å². The van der Waals surface area contributed by atoms with Gasteiger partial charge in [-0.3, -0.25) is 9.59 Å². The van der Waals surface area contributed by atoms with Gasteiger partial charge in [-0.25, -0.2) is 4.79 Å². The summed E-state index contributed by atoms with van der Waals surface area (Å²) in [5.41, 5.74) is 1.12. The van der Waals surface area contributed by atoms with Crippen molar-refractivity contribution in [1.82, 2.24) is 5.32 Å². The summed E-state index contributed by atoms with van der Waals surface area (Å²) in [7, 11) is 0.387. The first-order chi connectivity index (χ1) is 21.7. The zero-order chi connectivity index (χ0) is 32.2. The highest BCUT2D eigenvalue weighted by Crippen LogP contribution is 2.36. The van der Waals surface area contributed by atoms with Crippen LogP contribution >= 0.6 is 0 Å². The maximum atomic E-state index is 13.1. The monoisotopic (exact) mass is 641 g/mol. The van der Waals surface area contributed by atoms with Crippen LogP contribution in [0, 0.1) is 11.8 Å².